The van der Waals surface area contributed by atoms with Gasteiger partial charge in [-0.15, -0.1) is 0 Å². The Balaban J connectivity index is 2.41. The average molecular weight is 194 g/mol. The van der Waals surface area contributed by atoms with Crippen molar-refractivity contribution in [3.8, 4) is 5.75 Å². The second kappa shape index (κ2) is 5.27. The molecule has 0 radical (unpaired) electrons. The number of ether oxygens (including phenoxy) is 1. The second-order valence-electron chi connectivity index (χ2n) is 3.08. The van der Waals surface area contributed by atoms with E-state index in [2.05, 4.69) is 0 Å². The zero-order valence-corrected chi connectivity index (χ0v) is 8.19. The Morgan fingerprint density at radius 2 is 2.29 bits per heavy atom. The highest BCUT2D eigenvalue weighted by molar-refractivity contribution is 5.69. The fourth-order valence-corrected chi connectivity index (χ4v) is 1.09. The number of hydrogen-bond acceptors (Lipinski definition) is 3. The number of phenols is 1. The summed E-state index contributed by atoms with van der Waals surface area (Å²) in [5.74, 6) is -0.00937. The van der Waals surface area contributed by atoms with Gasteiger partial charge in [0.15, 0.2) is 0 Å². The van der Waals surface area contributed by atoms with Crippen LogP contribution in [0.5, 0.6) is 5.75 Å². The molecule has 1 rings (SSSR count). The summed E-state index contributed by atoms with van der Waals surface area (Å²) in [4.78, 5) is 11.0. The number of hydrogen-bond donors (Lipinski definition) is 1. The van der Waals surface area contributed by atoms with Crippen LogP contribution in [0.1, 0.15) is 25.3 Å². The minimum absolute atomic E-state index is 0.189. The van der Waals surface area contributed by atoms with E-state index < -0.39 is 0 Å². The predicted octanol–water partition coefficient (Wildman–Crippen LogP) is 2.24. The molecule has 0 aromatic heterocycles. The fourth-order valence-electron chi connectivity index (χ4n) is 1.09. The van der Waals surface area contributed by atoms with Gasteiger partial charge in [-0.05, 0) is 24.1 Å². The summed E-state index contributed by atoms with van der Waals surface area (Å²) >= 11 is 0. The van der Waals surface area contributed by atoms with Crippen LogP contribution in [0, 0.1) is 0 Å². The third kappa shape index (κ3) is 3.47. The van der Waals surface area contributed by atoms with E-state index in [1.165, 1.54) is 0 Å². The molecule has 0 unspecified atom stereocenters. The van der Waals surface area contributed by atoms with Crippen LogP contribution < -0.4 is 0 Å². The molecular weight excluding hydrogens is 180 g/mol. The van der Waals surface area contributed by atoms with E-state index in [4.69, 9.17) is 9.84 Å². The molecule has 1 aromatic carbocycles. The molecular formula is C11H14O3. The lowest BCUT2D eigenvalue weighted by Crippen LogP contribution is -2.03. The number of carbonyl (C=O) groups excluding carboxylic acids is 1. The molecule has 0 aliphatic heterocycles. The maximum absolute atomic E-state index is 11.0. The first-order valence-corrected chi connectivity index (χ1v) is 4.66. The van der Waals surface area contributed by atoms with Gasteiger partial charge in [0.2, 0.25) is 0 Å². The summed E-state index contributed by atoms with van der Waals surface area (Å²) in [5.41, 5.74) is 0.800. The van der Waals surface area contributed by atoms with Gasteiger partial charge in [-0.1, -0.05) is 19.1 Å². The molecule has 0 saturated carbocycles. The lowest BCUT2D eigenvalue weighted by atomic mass is 10.2. The molecule has 0 aliphatic carbocycles. The van der Waals surface area contributed by atoms with Crippen molar-refractivity contribution in [1.82, 2.24) is 0 Å². The normalized spacial score (nSPS) is 9.79. The molecule has 0 saturated heterocycles. The van der Waals surface area contributed by atoms with Crippen molar-refractivity contribution < 1.29 is 14.6 Å². The first-order chi connectivity index (χ1) is 6.72. The van der Waals surface area contributed by atoms with Crippen molar-refractivity contribution >= 4 is 5.97 Å². The Kier molecular flexibility index (Phi) is 3.98. The Morgan fingerprint density at radius 1 is 1.50 bits per heavy atom. The van der Waals surface area contributed by atoms with E-state index in [-0.39, 0.29) is 18.3 Å². The molecule has 0 fully saturated rings. The van der Waals surface area contributed by atoms with Gasteiger partial charge in [-0.3, -0.25) is 4.79 Å². The molecule has 0 aliphatic rings. The standard InChI is InChI=1S/C11H14O3/c1-2-4-11(13)14-8-9-5-3-6-10(12)7-9/h3,5-7,12H,2,4,8H2,1H3. The van der Waals surface area contributed by atoms with Gasteiger partial charge in [0.25, 0.3) is 0 Å². The molecule has 76 valence electrons. The summed E-state index contributed by atoms with van der Waals surface area (Å²) in [6, 6.07) is 6.69. The number of rotatable bonds is 4. The molecule has 0 bridgehead atoms. The number of esters is 1. The Bertz CT molecular complexity index is 307. The lowest BCUT2D eigenvalue weighted by Gasteiger charge is -2.03. The minimum atomic E-state index is -0.198. The maximum Gasteiger partial charge on any atom is 0.306 e. The van der Waals surface area contributed by atoms with E-state index >= 15 is 0 Å². The summed E-state index contributed by atoms with van der Waals surface area (Å²) < 4.78 is 4.97. The van der Waals surface area contributed by atoms with Crippen LogP contribution in [0.4, 0.5) is 0 Å². The largest absolute Gasteiger partial charge is 0.508 e. The molecule has 0 atom stereocenters. The third-order valence-corrected chi connectivity index (χ3v) is 1.76. The summed E-state index contributed by atoms with van der Waals surface area (Å²) in [6.07, 6.45) is 1.23. The van der Waals surface area contributed by atoms with Gasteiger partial charge >= 0.3 is 5.97 Å². The second-order valence-corrected chi connectivity index (χ2v) is 3.08. The summed E-state index contributed by atoms with van der Waals surface area (Å²) in [7, 11) is 0. The highest BCUT2D eigenvalue weighted by Gasteiger charge is 2.01. The van der Waals surface area contributed by atoms with Gasteiger partial charge in [0.1, 0.15) is 12.4 Å². The summed E-state index contributed by atoms with van der Waals surface area (Å²) in [5, 5.41) is 9.14. The van der Waals surface area contributed by atoms with Crippen LogP contribution >= 0.6 is 0 Å². The molecule has 14 heavy (non-hydrogen) atoms. The van der Waals surface area contributed by atoms with Crippen molar-refractivity contribution in [3.63, 3.8) is 0 Å². The highest BCUT2D eigenvalue weighted by atomic mass is 16.5. The quantitative estimate of drug-likeness (QED) is 0.747. The van der Waals surface area contributed by atoms with Crippen molar-refractivity contribution in [2.24, 2.45) is 0 Å². The number of carbonyl (C=O) groups is 1. The molecule has 1 aromatic rings. The van der Waals surface area contributed by atoms with Crippen molar-refractivity contribution in [1.29, 1.82) is 0 Å². The van der Waals surface area contributed by atoms with E-state index in [9.17, 15) is 4.79 Å². The van der Waals surface area contributed by atoms with Crippen molar-refractivity contribution in [2.75, 3.05) is 0 Å². The number of benzene rings is 1. The Morgan fingerprint density at radius 3 is 2.93 bits per heavy atom. The van der Waals surface area contributed by atoms with Crippen LogP contribution in [-0.2, 0) is 16.1 Å². The van der Waals surface area contributed by atoms with Crippen LogP contribution in [0.3, 0.4) is 0 Å². The van der Waals surface area contributed by atoms with Crippen molar-refractivity contribution in [3.05, 3.63) is 29.8 Å². The maximum atomic E-state index is 11.0. The van der Waals surface area contributed by atoms with E-state index in [1.54, 1.807) is 24.3 Å². The van der Waals surface area contributed by atoms with Crippen LogP contribution in [0.15, 0.2) is 24.3 Å². The predicted molar refractivity (Wildman–Crippen MR) is 52.8 cm³/mol. The van der Waals surface area contributed by atoms with Crippen LogP contribution in [0.2, 0.25) is 0 Å². The third-order valence-electron chi connectivity index (χ3n) is 1.76. The Hall–Kier alpha value is -1.51. The van der Waals surface area contributed by atoms with E-state index in [0.29, 0.717) is 6.42 Å². The van der Waals surface area contributed by atoms with Crippen molar-refractivity contribution in [2.45, 2.75) is 26.4 Å². The first kappa shape index (κ1) is 10.6. The van der Waals surface area contributed by atoms with Gasteiger partial charge in [0, 0.05) is 6.42 Å². The molecule has 0 spiro atoms. The zero-order valence-electron chi connectivity index (χ0n) is 8.19. The topological polar surface area (TPSA) is 46.5 Å². The SMILES string of the molecule is CCCC(=O)OCc1cccc(O)c1. The molecule has 0 heterocycles. The van der Waals surface area contributed by atoms with Crippen LogP contribution in [-0.4, -0.2) is 11.1 Å². The van der Waals surface area contributed by atoms with Crippen LogP contribution in [0.25, 0.3) is 0 Å². The van der Waals surface area contributed by atoms with Gasteiger partial charge in [-0.25, -0.2) is 0 Å². The van der Waals surface area contributed by atoms with Gasteiger partial charge in [-0.2, -0.15) is 0 Å². The molecule has 3 heteroatoms. The Labute approximate surface area is 83.3 Å². The van der Waals surface area contributed by atoms with Gasteiger partial charge < -0.3 is 9.84 Å². The monoisotopic (exact) mass is 194 g/mol. The highest BCUT2D eigenvalue weighted by Crippen LogP contribution is 2.11. The average Bonchev–Trinajstić information content (AvgIpc) is 2.15. The smallest absolute Gasteiger partial charge is 0.306 e. The minimum Gasteiger partial charge on any atom is -0.508 e. The number of phenolic OH excluding ortho intramolecular Hbond substituents is 1. The molecule has 3 nitrogen and oxygen atoms in total. The van der Waals surface area contributed by atoms with E-state index in [0.717, 1.165) is 12.0 Å². The fraction of sp³-hybridized carbons (Fsp3) is 0.364. The first-order valence-electron chi connectivity index (χ1n) is 4.66. The molecule has 0 amide bonds. The zero-order chi connectivity index (χ0) is 10.4. The summed E-state index contributed by atoms with van der Waals surface area (Å²) in [6.45, 7) is 2.16. The van der Waals surface area contributed by atoms with Gasteiger partial charge in [0.05, 0.1) is 0 Å². The molecule has 1 N–H and O–H groups in total. The van der Waals surface area contributed by atoms with E-state index in [1.807, 2.05) is 6.92 Å². The lowest BCUT2D eigenvalue weighted by molar-refractivity contribution is -0.144. The number of aromatic hydroxyl groups is 1.